The second-order valence-corrected chi connectivity index (χ2v) is 15.6. The van der Waals surface area contributed by atoms with Crippen molar-refractivity contribution in [1.82, 2.24) is 0 Å². The van der Waals surface area contributed by atoms with E-state index in [-0.39, 0.29) is 5.41 Å². The van der Waals surface area contributed by atoms with Crippen LogP contribution in [-0.4, -0.2) is 0 Å². The molecule has 1 atom stereocenters. The Bertz CT molecular complexity index is 2630. The van der Waals surface area contributed by atoms with Crippen molar-refractivity contribution < 1.29 is 0 Å². The first-order valence-electron chi connectivity index (χ1n) is 18.0. The van der Waals surface area contributed by atoms with Gasteiger partial charge in [-0.3, -0.25) is 0 Å². The summed E-state index contributed by atoms with van der Waals surface area (Å²) in [7, 11) is 0. The summed E-state index contributed by atoms with van der Waals surface area (Å²) < 4.78 is 2.67. The number of fused-ring (bicyclic) bond motifs is 7. The van der Waals surface area contributed by atoms with Gasteiger partial charge >= 0.3 is 0 Å². The zero-order chi connectivity index (χ0) is 34.1. The SMILES string of the molecule is CC1(C)c2ccccc2-c2cc(N(C3=C(c4ccccc4)C4=CC=CCC4C=C3)c3ccc(-c4ccc5sc6ccccc6c5c4)cc3)ccc21. The van der Waals surface area contributed by atoms with Crippen LogP contribution < -0.4 is 4.90 Å². The molecule has 244 valence electrons. The van der Waals surface area contributed by atoms with Gasteiger partial charge in [0.2, 0.25) is 0 Å². The van der Waals surface area contributed by atoms with Gasteiger partial charge < -0.3 is 4.90 Å². The Hall–Kier alpha value is -5.70. The topological polar surface area (TPSA) is 3.24 Å². The first-order valence-corrected chi connectivity index (χ1v) is 18.8. The van der Waals surface area contributed by atoms with Gasteiger partial charge in [-0.2, -0.15) is 0 Å². The number of anilines is 2. The summed E-state index contributed by atoms with van der Waals surface area (Å²) in [5.41, 5.74) is 15.3. The summed E-state index contributed by atoms with van der Waals surface area (Å²) >= 11 is 1.87. The minimum absolute atomic E-state index is 0.0442. The highest BCUT2D eigenvalue weighted by Gasteiger charge is 2.36. The maximum atomic E-state index is 2.49. The van der Waals surface area contributed by atoms with Gasteiger partial charge in [-0.15, -0.1) is 11.3 Å². The van der Waals surface area contributed by atoms with E-state index >= 15 is 0 Å². The fourth-order valence-corrected chi connectivity index (χ4v) is 9.71. The molecule has 1 nitrogen and oxygen atoms in total. The van der Waals surface area contributed by atoms with Gasteiger partial charge in [0.05, 0.1) is 5.70 Å². The highest BCUT2D eigenvalue weighted by atomic mass is 32.1. The van der Waals surface area contributed by atoms with Crippen molar-refractivity contribution in [2.75, 3.05) is 4.90 Å². The number of benzene rings is 6. The number of nitrogens with zero attached hydrogens (tertiary/aromatic N) is 1. The van der Waals surface area contributed by atoms with Crippen LogP contribution in [0.2, 0.25) is 0 Å². The number of hydrogen-bond acceptors (Lipinski definition) is 2. The summed E-state index contributed by atoms with van der Waals surface area (Å²) in [5, 5.41) is 2.66. The van der Waals surface area contributed by atoms with E-state index in [0.717, 1.165) is 12.1 Å². The van der Waals surface area contributed by atoms with Crippen molar-refractivity contribution in [3.63, 3.8) is 0 Å². The second kappa shape index (κ2) is 11.7. The van der Waals surface area contributed by atoms with Crippen LogP contribution in [0.5, 0.6) is 0 Å². The van der Waals surface area contributed by atoms with Crippen LogP contribution in [0.4, 0.5) is 11.4 Å². The number of hydrogen-bond donors (Lipinski definition) is 0. The lowest BCUT2D eigenvalue weighted by atomic mass is 9.79. The normalized spacial score (nSPS) is 17.0. The number of allylic oxidation sites excluding steroid dienone is 7. The summed E-state index contributed by atoms with van der Waals surface area (Å²) in [4.78, 5) is 2.49. The molecule has 3 aliphatic carbocycles. The summed E-state index contributed by atoms with van der Waals surface area (Å²) in [6, 6.07) is 51.9. The largest absolute Gasteiger partial charge is 0.310 e. The number of thiophene rings is 1. The van der Waals surface area contributed by atoms with E-state index in [9.17, 15) is 0 Å². The van der Waals surface area contributed by atoms with Crippen LogP contribution >= 0.6 is 11.3 Å². The third kappa shape index (κ3) is 4.82. The second-order valence-electron chi connectivity index (χ2n) is 14.5. The minimum Gasteiger partial charge on any atom is -0.310 e. The zero-order valence-electron chi connectivity index (χ0n) is 28.8. The van der Waals surface area contributed by atoms with Crippen molar-refractivity contribution in [2.24, 2.45) is 5.92 Å². The maximum Gasteiger partial charge on any atom is 0.0540 e. The first-order chi connectivity index (χ1) is 25.0. The van der Waals surface area contributed by atoms with Gasteiger partial charge in [0, 0.05) is 48.5 Å². The maximum absolute atomic E-state index is 2.49. The number of rotatable bonds is 5. The van der Waals surface area contributed by atoms with Gasteiger partial charge in [0.1, 0.15) is 0 Å². The lowest BCUT2D eigenvalue weighted by Crippen LogP contribution is -2.22. The molecule has 0 saturated heterocycles. The monoisotopic (exact) mass is 671 g/mol. The van der Waals surface area contributed by atoms with Gasteiger partial charge in [-0.05, 0) is 99.5 Å². The molecule has 1 heterocycles. The van der Waals surface area contributed by atoms with Crippen molar-refractivity contribution >= 4 is 48.5 Å². The molecule has 6 aromatic carbocycles. The third-order valence-electron chi connectivity index (χ3n) is 11.2. The van der Waals surface area contributed by atoms with E-state index in [1.165, 1.54) is 81.6 Å². The molecule has 0 aliphatic heterocycles. The Morgan fingerprint density at radius 3 is 2.22 bits per heavy atom. The Morgan fingerprint density at radius 2 is 1.33 bits per heavy atom. The van der Waals surface area contributed by atoms with E-state index in [0.29, 0.717) is 5.92 Å². The molecule has 0 saturated carbocycles. The molecule has 0 bridgehead atoms. The molecule has 0 fully saturated rings. The van der Waals surface area contributed by atoms with Crippen molar-refractivity contribution in [2.45, 2.75) is 25.7 Å². The lowest BCUT2D eigenvalue weighted by molar-refractivity contribution is 0.660. The summed E-state index contributed by atoms with van der Waals surface area (Å²) in [6.07, 6.45) is 12.6. The molecule has 7 aromatic rings. The quantitative estimate of drug-likeness (QED) is 0.176. The van der Waals surface area contributed by atoms with E-state index < -0.39 is 0 Å². The molecule has 1 unspecified atom stereocenters. The summed E-state index contributed by atoms with van der Waals surface area (Å²) in [6.45, 7) is 4.71. The van der Waals surface area contributed by atoms with E-state index in [1.54, 1.807) is 0 Å². The van der Waals surface area contributed by atoms with Crippen LogP contribution in [-0.2, 0) is 5.41 Å². The minimum atomic E-state index is -0.0442. The average molecular weight is 672 g/mol. The fourth-order valence-electron chi connectivity index (χ4n) is 8.63. The van der Waals surface area contributed by atoms with Gasteiger partial charge in [-0.1, -0.05) is 135 Å². The molecule has 0 N–H and O–H groups in total. The third-order valence-corrected chi connectivity index (χ3v) is 12.3. The van der Waals surface area contributed by atoms with Crippen LogP contribution in [0.15, 0.2) is 181 Å². The van der Waals surface area contributed by atoms with Crippen LogP contribution in [0, 0.1) is 5.92 Å². The van der Waals surface area contributed by atoms with Gasteiger partial charge in [-0.25, -0.2) is 0 Å². The molecule has 2 heteroatoms. The highest BCUT2D eigenvalue weighted by molar-refractivity contribution is 7.25. The van der Waals surface area contributed by atoms with Crippen molar-refractivity contribution in [3.8, 4) is 22.3 Å². The molecule has 1 aromatic heterocycles. The molecule has 10 rings (SSSR count). The van der Waals surface area contributed by atoms with Crippen molar-refractivity contribution in [3.05, 3.63) is 198 Å². The van der Waals surface area contributed by atoms with Crippen LogP contribution in [0.3, 0.4) is 0 Å². The zero-order valence-corrected chi connectivity index (χ0v) is 29.6. The molecule has 0 amide bonds. The molecular weight excluding hydrogens is 635 g/mol. The molecular formula is C49H37NS. The predicted octanol–water partition coefficient (Wildman–Crippen LogP) is 13.6. The van der Waals surface area contributed by atoms with E-state index in [4.69, 9.17) is 0 Å². The average Bonchev–Trinajstić information content (AvgIpc) is 3.67. The Morgan fingerprint density at radius 1 is 0.608 bits per heavy atom. The smallest absolute Gasteiger partial charge is 0.0540 e. The van der Waals surface area contributed by atoms with Gasteiger partial charge in [0.15, 0.2) is 0 Å². The molecule has 51 heavy (non-hydrogen) atoms. The Balaban J connectivity index is 1.16. The highest BCUT2D eigenvalue weighted by Crippen LogP contribution is 2.51. The van der Waals surface area contributed by atoms with Gasteiger partial charge in [0.25, 0.3) is 0 Å². The standard InChI is InChI=1S/C49H37NS/c1-49(2)43-18-10-8-16-39(43)41-31-37(26-27-44(41)49)50(45-28-22-33-12-6-7-15-38(33)48(45)34-13-4-3-5-14-34)36-24-20-32(21-25-36)35-23-29-47-42(30-35)40-17-9-11-19-46(40)51-47/h3-11,13-31,33H,12H2,1-2H3. The van der Waals surface area contributed by atoms with Crippen LogP contribution in [0.1, 0.15) is 37.0 Å². The van der Waals surface area contributed by atoms with E-state index in [2.05, 4.69) is 189 Å². The Labute approximate surface area is 303 Å². The molecule has 0 spiro atoms. The predicted molar refractivity (Wildman–Crippen MR) is 219 cm³/mol. The van der Waals surface area contributed by atoms with E-state index in [1.807, 2.05) is 11.3 Å². The van der Waals surface area contributed by atoms with Crippen molar-refractivity contribution in [1.29, 1.82) is 0 Å². The fraction of sp³-hybridized carbons (Fsp3) is 0.102. The first kappa shape index (κ1) is 30.2. The van der Waals surface area contributed by atoms with Crippen LogP contribution in [0.25, 0.3) is 48.0 Å². The lowest BCUT2D eigenvalue weighted by Gasteiger charge is -2.35. The molecule has 3 aliphatic rings. The summed E-state index contributed by atoms with van der Waals surface area (Å²) in [5.74, 6) is 0.369. The Kier molecular flexibility index (Phi) is 6.91. The molecule has 0 radical (unpaired) electrons.